The van der Waals surface area contributed by atoms with Crippen molar-refractivity contribution in [3.05, 3.63) is 0 Å². The molecule has 4 heteroatoms. The summed E-state index contributed by atoms with van der Waals surface area (Å²) in [5, 5.41) is 2.36. The molecule has 0 heterocycles. The van der Waals surface area contributed by atoms with E-state index in [1.165, 1.54) is 7.05 Å². The van der Waals surface area contributed by atoms with Gasteiger partial charge < -0.3 is 15.8 Å². The van der Waals surface area contributed by atoms with Gasteiger partial charge in [0, 0.05) is 13.1 Å². The van der Waals surface area contributed by atoms with Crippen LogP contribution in [0, 0.1) is 5.41 Å². The minimum atomic E-state index is -0.435. The van der Waals surface area contributed by atoms with Gasteiger partial charge in [-0.3, -0.25) is 0 Å². The van der Waals surface area contributed by atoms with Crippen molar-refractivity contribution in [2.75, 3.05) is 13.7 Å². The Hall–Kier alpha value is -0.770. The molecule has 0 radical (unpaired) electrons. The van der Waals surface area contributed by atoms with E-state index >= 15 is 0 Å². The largest absolute Gasteiger partial charge is 0.448 e. The van der Waals surface area contributed by atoms with Crippen molar-refractivity contribution in [3.63, 3.8) is 0 Å². The third kappa shape index (κ3) is 4.18. The number of rotatable bonds is 2. The quantitative estimate of drug-likeness (QED) is 0.648. The summed E-state index contributed by atoms with van der Waals surface area (Å²) in [6.45, 7) is 6.27. The van der Waals surface area contributed by atoms with Crippen molar-refractivity contribution in [2.45, 2.75) is 26.8 Å². The Kier molecular flexibility index (Phi) is 4.03. The first-order valence-electron chi connectivity index (χ1n) is 3.98. The zero-order valence-corrected chi connectivity index (χ0v) is 8.18. The first-order valence-corrected chi connectivity index (χ1v) is 3.98. The summed E-state index contributed by atoms with van der Waals surface area (Å²) in [6.07, 6.45) is -0.435. The Bertz CT molecular complexity index is 152. The molecular weight excluding hydrogens is 156 g/mol. The van der Waals surface area contributed by atoms with Gasteiger partial charge in [-0.1, -0.05) is 20.8 Å². The summed E-state index contributed by atoms with van der Waals surface area (Å²) >= 11 is 0. The SMILES string of the molecule is CNC(=O)OCC(N)C(C)(C)C. The van der Waals surface area contributed by atoms with Gasteiger partial charge in [0.1, 0.15) is 6.61 Å². The lowest BCUT2D eigenvalue weighted by atomic mass is 9.88. The topological polar surface area (TPSA) is 64.3 Å². The van der Waals surface area contributed by atoms with E-state index < -0.39 is 6.09 Å². The van der Waals surface area contributed by atoms with Crippen molar-refractivity contribution in [1.29, 1.82) is 0 Å². The predicted molar refractivity (Wildman–Crippen MR) is 47.8 cm³/mol. The number of nitrogens with two attached hydrogens (primary N) is 1. The minimum Gasteiger partial charge on any atom is -0.448 e. The number of alkyl carbamates (subject to hydrolysis) is 1. The summed E-state index contributed by atoms with van der Waals surface area (Å²) in [6, 6.07) is -0.130. The molecule has 0 saturated heterocycles. The van der Waals surface area contributed by atoms with Gasteiger partial charge in [-0.15, -0.1) is 0 Å². The van der Waals surface area contributed by atoms with Crippen molar-refractivity contribution in [3.8, 4) is 0 Å². The molecule has 0 fully saturated rings. The van der Waals surface area contributed by atoms with Gasteiger partial charge in [-0.25, -0.2) is 4.79 Å². The average Bonchev–Trinajstić information content (AvgIpc) is 1.97. The maximum absolute atomic E-state index is 10.7. The van der Waals surface area contributed by atoms with Crippen LogP contribution in [0.5, 0.6) is 0 Å². The molecule has 0 aliphatic heterocycles. The monoisotopic (exact) mass is 174 g/mol. The molecule has 3 N–H and O–H groups in total. The smallest absolute Gasteiger partial charge is 0.406 e. The van der Waals surface area contributed by atoms with Crippen molar-refractivity contribution in [2.24, 2.45) is 11.1 Å². The van der Waals surface area contributed by atoms with Crippen LogP contribution in [-0.4, -0.2) is 25.8 Å². The van der Waals surface area contributed by atoms with E-state index in [1.54, 1.807) is 0 Å². The van der Waals surface area contributed by atoms with E-state index in [0.717, 1.165) is 0 Å². The van der Waals surface area contributed by atoms with Gasteiger partial charge in [-0.05, 0) is 5.41 Å². The van der Waals surface area contributed by atoms with Gasteiger partial charge >= 0.3 is 6.09 Å². The van der Waals surface area contributed by atoms with Crippen LogP contribution in [0.15, 0.2) is 0 Å². The van der Waals surface area contributed by atoms with E-state index in [-0.39, 0.29) is 18.1 Å². The standard InChI is InChI=1S/C8H18N2O2/c1-8(2,3)6(9)5-12-7(11)10-4/h6H,5,9H2,1-4H3,(H,10,11). The van der Waals surface area contributed by atoms with Gasteiger partial charge in [-0.2, -0.15) is 0 Å². The van der Waals surface area contributed by atoms with E-state index in [9.17, 15) is 4.79 Å². The molecule has 4 nitrogen and oxygen atoms in total. The van der Waals surface area contributed by atoms with Crippen molar-refractivity contribution in [1.82, 2.24) is 5.32 Å². The van der Waals surface area contributed by atoms with Crippen molar-refractivity contribution >= 4 is 6.09 Å². The summed E-state index contributed by atoms with van der Waals surface area (Å²) in [7, 11) is 1.52. The molecule has 12 heavy (non-hydrogen) atoms. The highest BCUT2D eigenvalue weighted by Gasteiger charge is 2.21. The first-order chi connectivity index (χ1) is 5.38. The molecule has 0 aromatic rings. The van der Waals surface area contributed by atoms with Crippen LogP contribution in [0.4, 0.5) is 4.79 Å². The lowest BCUT2D eigenvalue weighted by Crippen LogP contribution is -2.40. The number of hydrogen-bond acceptors (Lipinski definition) is 3. The summed E-state index contributed by atoms with van der Waals surface area (Å²) in [4.78, 5) is 10.7. The van der Waals surface area contributed by atoms with Gasteiger partial charge in [0.15, 0.2) is 0 Å². The molecule has 0 spiro atoms. The minimum absolute atomic E-state index is 0.0337. The van der Waals surface area contributed by atoms with E-state index in [4.69, 9.17) is 10.5 Å². The second-order valence-corrected chi connectivity index (χ2v) is 3.82. The normalized spacial score (nSPS) is 13.8. The van der Waals surface area contributed by atoms with Crippen LogP contribution in [0.25, 0.3) is 0 Å². The highest BCUT2D eigenvalue weighted by molar-refractivity contribution is 5.66. The second-order valence-electron chi connectivity index (χ2n) is 3.82. The van der Waals surface area contributed by atoms with Crippen LogP contribution < -0.4 is 11.1 Å². The molecule has 1 unspecified atom stereocenters. The fourth-order valence-corrected chi connectivity index (χ4v) is 0.488. The second kappa shape index (κ2) is 4.30. The molecule has 1 amide bonds. The zero-order chi connectivity index (χ0) is 9.78. The van der Waals surface area contributed by atoms with E-state index in [1.807, 2.05) is 20.8 Å². The maximum Gasteiger partial charge on any atom is 0.406 e. The maximum atomic E-state index is 10.7. The number of carbonyl (C=O) groups is 1. The summed E-state index contributed by atoms with van der Waals surface area (Å²) in [5.74, 6) is 0. The van der Waals surface area contributed by atoms with Crippen LogP contribution in [0.3, 0.4) is 0 Å². The van der Waals surface area contributed by atoms with Crippen molar-refractivity contribution < 1.29 is 9.53 Å². The highest BCUT2D eigenvalue weighted by atomic mass is 16.5. The van der Waals surface area contributed by atoms with E-state index in [2.05, 4.69) is 5.32 Å². The predicted octanol–water partition coefficient (Wildman–Crippen LogP) is 0.716. The Labute approximate surface area is 73.5 Å². The average molecular weight is 174 g/mol. The molecule has 72 valence electrons. The molecular formula is C8H18N2O2. The summed E-state index contributed by atoms with van der Waals surface area (Å²) in [5.41, 5.74) is 5.72. The number of amides is 1. The molecule has 0 aliphatic rings. The van der Waals surface area contributed by atoms with Gasteiger partial charge in [0.2, 0.25) is 0 Å². The Balaban J connectivity index is 3.72. The molecule has 0 aromatic heterocycles. The molecule has 0 saturated carbocycles. The van der Waals surface area contributed by atoms with Gasteiger partial charge in [0.25, 0.3) is 0 Å². The Morgan fingerprint density at radius 1 is 1.58 bits per heavy atom. The third-order valence-electron chi connectivity index (χ3n) is 1.71. The van der Waals surface area contributed by atoms with Crippen LogP contribution in [0.1, 0.15) is 20.8 Å². The number of carbonyl (C=O) groups excluding carboxylic acids is 1. The lowest BCUT2D eigenvalue weighted by Gasteiger charge is -2.26. The first kappa shape index (κ1) is 11.2. The Morgan fingerprint density at radius 3 is 2.42 bits per heavy atom. The zero-order valence-electron chi connectivity index (χ0n) is 8.18. The fourth-order valence-electron chi connectivity index (χ4n) is 0.488. The number of ether oxygens (including phenoxy) is 1. The van der Waals surface area contributed by atoms with Gasteiger partial charge in [0.05, 0.1) is 0 Å². The highest BCUT2D eigenvalue weighted by Crippen LogP contribution is 2.17. The number of hydrogen-bond donors (Lipinski definition) is 2. The molecule has 0 rings (SSSR count). The molecule has 0 aliphatic carbocycles. The van der Waals surface area contributed by atoms with Crippen LogP contribution in [0.2, 0.25) is 0 Å². The molecule has 1 atom stereocenters. The summed E-state index contributed by atoms with van der Waals surface area (Å²) < 4.78 is 4.80. The molecule has 0 aromatic carbocycles. The van der Waals surface area contributed by atoms with E-state index in [0.29, 0.717) is 0 Å². The number of nitrogens with one attached hydrogen (secondary N) is 1. The van der Waals surface area contributed by atoms with Crippen LogP contribution in [-0.2, 0) is 4.74 Å². The Morgan fingerprint density at radius 2 is 2.08 bits per heavy atom. The van der Waals surface area contributed by atoms with Crippen LogP contribution >= 0.6 is 0 Å². The third-order valence-corrected chi connectivity index (χ3v) is 1.71. The molecule has 0 bridgehead atoms. The fraction of sp³-hybridized carbons (Fsp3) is 0.875. The lowest BCUT2D eigenvalue weighted by molar-refractivity contribution is 0.120.